The van der Waals surface area contributed by atoms with Gasteiger partial charge >= 0.3 is 7.52 Å². The van der Waals surface area contributed by atoms with Crippen LogP contribution in [0.1, 0.15) is 58.1 Å². The van der Waals surface area contributed by atoms with Gasteiger partial charge < -0.3 is 19.8 Å². The van der Waals surface area contributed by atoms with Crippen LogP contribution >= 0.6 is 19.1 Å². The summed E-state index contributed by atoms with van der Waals surface area (Å²) < 4.78 is 47.2. The van der Waals surface area contributed by atoms with Crippen LogP contribution in [0.3, 0.4) is 0 Å². The third-order valence-electron chi connectivity index (χ3n) is 7.24. The van der Waals surface area contributed by atoms with Crippen molar-refractivity contribution >= 4 is 51.7 Å². The van der Waals surface area contributed by atoms with Gasteiger partial charge in [-0.15, -0.1) is 0 Å². The minimum atomic E-state index is -3.80. The summed E-state index contributed by atoms with van der Waals surface area (Å²) in [6.07, 6.45) is 4.03. The Morgan fingerprint density at radius 2 is 1.86 bits per heavy atom. The molecular weight excluding hydrogens is 597 g/mol. The molecule has 0 radical (unpaired) electrons. The largest absolute Gasteiger partial charge is 0.509 e. The van der Waals surface area contributed by atoms with E-state index in [1.807, 2.05) is 39.0 Å². The second-order valence-corrected chi connectivity index (χ2v) is 16.6. The molecule has 0 bridgehead atoms. The van der Waals surface area contributed by atoms with E-state index in [9.17, 15) is 22.9 Å². The molecule has 2 aromatic rings. The lowest BCUT2D eigenvalue weighted by molar-refractivity contribution is -0.129. The van der Waals surface area contributed by atoms with Crippen molar-refractivity contribution < 1.29 is 27.4 Å². The van der Waals surface area contributed by atoms with E-state index in [2.05, 4.69) is 10.1 Å². The molecule has 228 valence electrons. The molecule has 2 N–H and O–H groups in total. The highest BCUT2D eigenvalue weighted by molar-refractivity contribution is 7.90. The van der Waals surface area contributed by atoms with E-state index in [-0.39, 0.29) is 36.1 Å². The van der Waals surface area contributed by atoms with E-state index < -0.39 is 34.7 Å². The van der Waals surface area contributed by atoms with Crippen molar-refractivity contribution in [2.24, 2.45) is 10.2 Å². The fraction of sp³-hybridized carbons (Fsp3) is 0.467. The number of unbranched alkanes of at least 4 members (excludes halogenated alkanes) is 2. The van der Waals surface area contributed by atoms with Crippen LogP contribution in [-0.2, 0) is 36.7 Å². The molecule has 1 amide bonds. The topological polar surface area (TPSA) is 125 Å². The van der Waals surface area contributed by atoms with Crippen molar-refractivity contribution in [3.8, 4) is 0 Å². The molecule has 0 fully saturated rings. The standard InChI is InChI=1S/C30H39ClN3O6PS/c1-6-40-41(37)24-18-20(11-8-7-9-16-42(5,38)39)14-15-23(24)32-28(33-41)25-26(35)27(30(2,3)4)34(29(25)36)19-21-12-10-13-22(31)17-21/h10,12-15,17-18,27,35H,6-9,11,16,19H2,1-5H3,(H,32,33,37)/t27-,41?/m1/s1. The molecule has 42 heavy (non-hydrogen) atoms. The molecule has 2 aliphatic heterocycles. The summed E-state index contributed by atoms with van der Waals surface area (Å²) in [4.78, 5) is 15.5. The number of halogens is 1. The molecule has 2 aliphatic rings. The molecule has 9 nitrogen and oxygen atoms in total. The zero-order valence-electron chi connectivity index (χ0n) is 24.7. The number of fused-ring (bicyclic) bond motifs is 1. The Labute approximate surface area is 253 Å². The zero-order valence-corrected chi connectivity index (χ0v) is 27.2. The molecule has 0 spiro atoms. The summed E-state index contributed by atoms with van der Waals surface area (Å²) in [7, 11) is -6.79. The first-order valence-corrected chi connectivity index (χ1v) is 18.1. The number of amidine groups is 1. The van der Waals surface area contributed by atoms with E-state index >= 15 is 0 Å². The van der Waals surface area contributed by atoms with Crippen molar-refractivity contribution in [3.63, 3.8) is 0 Å². The first-order valence-electron chi connectivity index (χ1n) is 14.0. The van der Waals surface area contributed by atoms with E-state index in [1.165, 1.54) is 6.26 Å². The first-order chi connectivity index (χ1) is 19.6. The number of hydrogen-bond acceptors (Lipinski definition) is 7. The van der Waals surface area contributed by atoms with Crippen LogP contribution in [0.25, 0.3) is 0 Å². The number of carbonyl (C=O) groups excluding carboxylic acids is 1. The maximum atomic E-state index is 14.2. The number of rotatable bonds is 11. The van der Waals surface area contributed by atoms with Gasteiger partial charge in [-0.25, -0.2) is 8.42 Å². The number of benzene rings is 2. The predicted molar refractivity (Wildman–Crippen MR) is 169 cm³/mol. The quantitative estimate of drug-likeness (QED) is 0.228. The second-order valence-electron chi connectivity index (χ2n) is 11.9. The van der Waals surface area contributed by atoms with Gasteiger partial charge in [0.05, 0.1) is 23.6 Å². The van der Waals surface area contributed by atoms with Gasteiger partial charge in [0.15, 0.2) is 5.84 Å². The lowest BCUT2D eigenvalue weighted by Gasteiger charge is -2.35. The van der Waals surface area contributed by atoms with E-state index in [0.29, 0.717) is 28.9 Å². The summed E-state index contributed by atoms with van der Waals surface area (Å²) in [5, 5.41) is 15.6. The minimum Gasteiger partial charge on any atom is -0.509 e. The summed E-state index contributed by atoms with van der Waals surface area (Å²) in [5.74, 6) is -0.404. The van der Waals surface area contributed by atoms with Crippen LogP contribution in [0.5, 0.6) is 0 Å². The lowest BCUT2D eigenvalue weighted by Crippen LogP contribution is -2.43. The van der Waals surface area contributed by atoms with Crippen LogP contribution in [0.15, 0.2) is 58.6 Å². The summed E-state index contributed by atoms with van der Waals surface area (Å²) >= 11 is 6.19. The van der Waals surface area contributed by atoms with Crippen molar-refractivity contribution in [1.29, 1.82) is 0 Å². The van der Waals surface area contributed by atoms with Gasteiger partial charge in [-0.2, -0.15) is 4.76 Å². The molecule has 0 saturated carbocycles. The van der Waals surface area contributed by atoms with Gasteiger partial charge in [0, 0.05) is 23.6 Å². The molecule has 4 rings (SSSR count). The van der Waals surface area contributed by atoms with Gasteiger partial charge in [0.1, 0.15) is 21.2 Å². The summed E-state index contributed by atoms with van der Waals surface area (Å²) in [6, 6.07) is 12.0. The van der Waals surface area contributed by atoms with Crippen molar-refractivity contribution in [2.75, 3.05) is 23.9 Å². The van der Waals surface area contributed by atoms with Crippen LogP contribution in [0, 0.1) is 5.41 Å². The highest BCUT2D eigenvalue weighted by Crippen LogP contribution is 2.53. The maximum absolute atomic E-state index is 14.2. The average Bonchev–Trinajstić information content (AvgIpc) is 3.12. The monoisotopic (exact) mass is 635 g/mol. The van der Waals surface area contributed by atoms with Gasteiger partial charge in [-0.1, -0.05) is 57.0 Å². The molecule has 2 heterocycles. The maximum Gasteiger partial charge on any atom is 0.348 e. The van der Waals surface area contributed by atoms with Crippen molar-refractivity contribution in [1.82, 2.24) is 4.90 Å². The van der Waals surface area contributed by atoms with Gasteiger partial charge in [0.2, 0.25) is 0 Å². The van der Waals surface area contributed by atoms with Crippen LogP contribution < -0.4 is 10.6 Å². The Bertz CT molecular complexity index is 1580. The van der Waals surface area contributed by atoms with Crippen molar-refractivity contribution in [3.05, 3.63) is 69.9 Å². The molecule has 2 atom stereocenters. The normalized spacial score (nSPS) is 20.9. The van der Waals surface area contributed by atoms with Crippen molar-refractivity contribution in [2.45, 2.75) is 66.0 Å². The molecule has 0 aliphatic carbocycles. The fourth-order valence-corrected chi connectivity index (χ4v) is 8.19. The fourth-order valence-electron chi connectivity index (χ4n) is 5.42. The number of nitrogens with one attached hydrogen (secondary N) is 1. The number of carbonyl (C=O) groups is 1. The Morgan fingerprint density at radius 3 is 2.50 bits per heavy atom. The Morgan fingerprint density at radius 1 is 1.12 bits per heavy atom. The molecule has 0 aromatic heterocycles. The Kier molecular flexibility index (Phi) is 9.62. The smallest absolute Gasteiger partial charge is 0.348 e. The molecule has 0 saturated heterocycles. The molecule has 2 aromatic carbocycles. The van der Waals surface area contributed by atoms with Gasteiger partial charge in [0.25, 0.3) is 5.91 Å². The van der Waals surface area contributed by atoms with E-state index in [1.54, 1.807) is 36.1 Å². The summed E-state index contributed by atoms with van der Waals surface area (Å²) in [6.45, 7) is 7.89. The lowest BCUT2D eigenvalue weighted by atomic mass is 9.85. The van der Waals surface area contributed by atoms with Crippen LogP contribution in [-0.4, -0.2) is 54.8 Å². The highest BCUT2D eigenvalue weighted by atomic mass is 35.5. The molecule has 12 heteroatoms. The SMILES string of the molecule is CCOP1(=O)N=C(C2=C(O)[C@H](C(C)(C)C)N(Cc3cccc(Cl)c3)C2=O)Nc2ccc(CCCCCS(C)(=O)=O)cc21. The third-order valence-corrected chi connectivity index (χ3v) is 10.6. The zero-order chi connectivity index (χ0) is 30.9. The Balaban J connectivity index is 1.64. The van der Waals surface area contributed by atoms with Gasteiger partial charge in [-0.05, 0) is 67.0 Å². The van der Waals surface area contributed by atoms with Crippen LogP contribution in [0.2, 0.25) is 5.02 Å². The number of aryl methyl sites for hydroxylation is 1. The number of sulfone groups is 1. The highest BCUT2D eigenvalue weighted by Gasteiger charge is 2.48. The minimum absolute atomic E-state index is 0.0122. The number of aliphatic hydroxyl groups is 1. The second kappa shape index (κ2) is 12.5. The number of anilines is 1. The average molecular weight is 636 g/mol. The number of nitrogens with zero attached hydrogens (tertiary/aromatic N) is 2. The number of amides is 1. The number of aliphatic hydroxyl groups excluding tert-OH is 1. The third kappa shape index (κ3) is 7.28. The molecule has 1 unspecified atom stereocenters. The predicted octanol–water partition coefficient (Wildman–Crippen LogP) is 6.05. The first kappa shape index (κ1) is 32.3. The van der Waals surface area contributed by atoms with Crippen LogP contribution in [0.4, 0.5) is 5.69 Å². The van der Waals surface area contributed by atoms with E-state index in [0.717, 1.165) is 24.0 Å². The summed E-state index contributed by atoms with van der Waals surface area (Å²) in [5.41, 5.74) is 1.68. The van der Waals surface area contributed by atoms with E-state index in [4.69, 9.17) is 16.1 Å². The Hall–Kier alpha value is -2.65. The van der Waals surface area contributed by atoms with Gasteiger partial charge in [-0.3, -0.25) is 9.36 Å². The number of hydrogen-bond donors (Lipinski definition) is 2. The molecular formula is C30H39ClN3O6PS.